The molecule has 0 unspecified atom stereocenters. The second kappa shape index (κ2) is 7.91. The van der Waals surface area contributed by atoms with Crippen LogP contribution in [0.25, 0.3) is 0 Å². The smallest absolute Gasteiger partial charge is 0.263 e. The monoisotopic (exact) mass is 354 g/mol. The minimum atomic E-state index is -0.742. The van der Waals surface area contributed by atoms with Crippen molar-refractivity contribution in [2.75, 3.05) is 24.6 Å². The predicted octanol–water partition coefficient (Wildman–Crippen LogP) is 2.30. The van der Waals surface area contributed by atoms with Gasteiger partial charge in [-0.3, -0.25) is 9.59 Å². The standard InChI is InChI=1S/C20H22N2O4/c1-14-7-9-16(10-8-14)25-12-11-21-20(24)19-13-22(15(2)23)17-5-3-4-6-18(17)26-19/h3-10,19H,11-13H2,1-2H3,(H,21,24)/t19-/m0/s1. The number of carbonyl (C=O) groups excluding carboxylic acids is 2. The highest BCUT2D eigenvalue weighted by Crippen LogP contribution is 2.33. The summed E-state index contributed by atoms with van der Waals surface area (Å²) in [5, 5.41) is 2.80. The van der Waals surface area contributed by atoms with Gasteiger partial charge in [0.1, 0.15) is 18.1 Å². The first-order chi connectivity index (χ1) is 12.5. The van der Waals surface area contributed by atoms with Crippen LogP contribution in [0, 0.1) is 6.92 Å². The number of rotatable bonds is 5. The molecule has 6 heteroatoms. The van der Waals surface area contributed by atoms with E-state index in [0.717, 1.165) is 11.3 Å². The van der Waals surface area contributed by atoms with Crippen LogP contribution in [0.3, 0.4) is 0 Å². The Morgan fingerprint density at radius 3 is 2.65 bits per heavy atom. The van der Waals surface area contributed by atoms with Gasteiger partial charge in [-0.05, 0) is 31.2 Å². The predicted molar refractivity (Wildman–Crippen MR) is 98.6 cm³/mol. The number of hydrogen-bond acceptors (Lipinski definition) is 4. The van der Waals surface area contributed by atoms with Crippen molar-refractivity contribution in [1.82, 2.24) is 5.32 Å². The van der Waals surface area contributed by atoms with Crippen LogP contribution in [-0.4, -0.2) is 37.6 Å². The zero-order chi connectivity index (χ0) is 18.5. The number of anilines is 1. The zero-order valence-corrected chi connectivity index (χ0v) is 14.9. The second-order valence-corrected chi connectivity index (χ2v) is 6.16. The third-order valence-corrected chi connectivity index (χ3v) is 4.14. The van der Waals surface area contributed by atoms with Gasteiger partial charge in [0.25, 0.3) is 5.91 Å². The van der Waals surface area contributed by atoms with E-state index < -0.39 is 6.10 Å². The largest absolute Gasteiger partial charge is 0.492 e. The van der Waals surface area contributed by atoms with E-state index in [0.29, 0.717) is 24.6 Å². The Bertz CT molecular complexity index is 789. The number of carbonyl (C=O) groups is 2. The number of ether oxygens (including phenoxy) is 2. The van der Waals surface area contributed by atoms with Gasteiger partial charge >= 0.3 is 0 Å². The van der Waals surface area contributed by atoms with Gasteiger partial charge in [-0.25, -0.2) is 0 Å². The van der Waals surface area contributed by atoms with Crippen molar-refractivity contribution < 1.29 is 19.1 Å². The van der Waals surface area contributed by atoms with E-state index in [9.17, 15) is 9.59 Å². The molecule has 1 N–H and O–H groups in total. The van der Waals surface area contributed by atoms with Crippen molar-refractivity contribution in [3.63, 3.8) is 0 Å². The van der Waals surface area contributed by atoms with E-state index in [-0.39, 0.29) is 18.4 Å². The molecule has 1 heterocycles. The maximum atomic E-state index is 12.4. The minimum absolute atomic E-state index is 0.124. The molecule has 26 heavy (non-hydrogen) atoms. The van der Waals surface area contributed by atoms with Gasteiger partial charge in [0, 0.05) is 6.92 Å². The summed E-state index contributed by atoms with van der Waals surface area (Å²) in [5.74, 6) is 0.903. The fraction of sp³-hybridized carbons (Fsp3) is 0.300. The molecule has 3 rings (SSSR count). The van der Waals surface area contributed by atoms with E-state index in [1.807, 2.05) is 43.3 Å². The summed E-state index contributed by atoms with van der Waals surface area (Å²) in [5.41, 5.74) is 1.85. The lowest BCUT2D eigenvalue weighted by atomic mass is 10.1. The Kier molecular flexibility index (Phi) is 5.41. The van der Waals surface area contributed by atoms with Crippen molar-refractivity contribution in [3.8, 4) is 11.5 Å². The first kappa shape index (κ1) is 17.8. The molecule has 2 amide bonds. The Balaban J connectivity index is 1.53. The highest BCUT2D eigenvalue weighted by atomic mass is 16.5. The highest BCUT2D eigenvalue weighted by molar-refractivity contribution is 5.95. The minimum Gasteiger partial charge on any atom is -0.492 e. The summed E-state index contributed by atoms with van der Waals surface area (Å²) in [4.78, 5) is 25.9. The molecule has 1 atom stereocenters. The number of amides is 2. The molecule has 0 radical (unpaired) electrons. The summed E-state index contributed by atoms with van der Waals surface area (Å²) in [6.07, 6.45) is -0.742. The third-order valence-electron chi connectivity index (χ3n) is 4.14. The van der Waals surface area contributed by atoms with Crippen LogP contribution >= 0.6 is 0 Å². The summed E-state index contributed by atoms with van der Waals surface area (Å²) < 4.78 is 11.4. The molecule has 0 aliphatic carbocycles. The summed E-state index contributed by atoms with van der Waals surface area (Å²) in [6, 6.07) is 14.9. The van der Waals surface area contributed by atoms with Gasteiger partial charge in [0.05, 0.1) is 18.8 Å². The molecule has 0 saturated carbocycles. The lowest BCUT2D eigenvalue weighted by Crippen LogP contribution is -2.50. The van der Waals surface area contributed by atoms with E-state index in [4.69, 9.17) is 9.47 Å². The normalized spacial score (nSPS) is 15.6. The van der Waals surface area contributed by atoms with Crippen molar-refractivity contribution in [2.24, 2.45) is 0 Å². The molecule has 1 aliphatic heterocycles. The van der Waals surface area contributed by atoms with Gasteiger partial charge in [-0.1, -0.05) is 29.8 Å². The van der Waals surface area contributed by atoms with Gasteiger partial charge in [-0.2, -0.15) is 0 Å². The first-order valence-corrected chi connectivity index (χ1v) is 8.55. The molecular formula is C20H22N2O4. The lowest BCUT2D eigenvalue weighted by molar-refractivity contribution is -0.128. The van der Waals surface area contributed by atoms with Crippen molar-refractivity contribution in [1.29, 1.82) is 0 Å². The van der Waals surface area contributed by atoms with Crippen LogP contribution in [0.5, 0.6) is 11.5 Å². The molecule has 2 aromatic carbocycles. The van der Waals surface area contributed by atoms with Gasteiger partial charge in [0.2, 0.25) is 5.91 Å². The number of nitrogens with zero attached hydrogens (tertiary/aromatic N) is 1. The maximum absolute atomic E-state index is 12.4. The molecule has 136 valence electrons. The highest BCUT2D eigenvalue weighted by Gasteiger charge is 2.32. The van der Waals surface area contributed by atoms with E-state index in [1.54, 1.807) is 17.0 Å². The van der Waals surface area contributed by atoms with Crippen LogP contribution in [-0.2, 0) is 9.59 Å². The number of aryl methyl sites for hydroxylation is 1. The van der Waals surface area contributed by atoms with Gasteiger partial charge in [0.15, 0.2) is 6.10 Å². The Labute approximate surface area is 152 Å². The number of nitrogens with one attached hydrogen (secondary N) is 1. The van der Waals surface area contributed by atoms with E-state index in [1.165, 1.54) is 6.92 Å². The van der Waals surface area contributed by atoms with Crippen LogP contribution in [0.1, 0.15) is 12.5 Å². The second-order valence-electron chi connectivity index (χ2n) is 6.16. The summed E-state index contributed by atoms with van der Waals surface area (Å²) >= 11 is 0. The average Bonchev–Trinajstić information content (AvgIpc) is 2.65. The van der Waals surface area contributed by atoms with Crippen LogP contribution < -0.4 is 19.7 Å². The number of hydrogen-bond donors (Lipinski definition) is 1. The molecule has 1 aliphatic rings. The van der Waals surface area contributed by atoms with Gasteiger partial charge in [-0.15, -0.1) is 0 Å². The third kappa shape index (κ3) is 4.14. The van der Waals surface area contributed by atoms with E-state index in [2.05, 4.69) is 5.32 Å². The summed E-state index contributed by atoms with van der Waals surface area (Å²) in [7, 11) is 0. The maximum Gasteiger partial charge on any atom is 0.263 e. The zero-order valence-electron chi connectivity index (χ0n) is 14.9. The summed E-state index contributed by atoms with van der Waals surface area (Å²) in [6.45, 7) is 4.39. The molecule has 0 saturated heterocycles. The quantitative estimate of drug-likeness (QED) is 0.837. The molecule has 0 aromatic heterocycles. The average molecular weight is 354 g/mol. The van der Waals surface area contributed by atoms with E-state index >= 15 is 0 Å². The Hall–Kier alpha value is -3.02. The molecule has 0 spiro atoms. The lowest BCUT2D eigenvalue weighted by Gasteiger charge is -2.33. The van der Waals surface area contributed by atoms with Gasteiger partial charge < -0.3 is 19.7 Å². The fourth-order valence-corrected chi connectivity index (χ4v) is 2.76. The molecule has 2 aromatic rings. The fourth-order valence-electron chi connectivity index (χ4n) is 2.76. The molecular weight excluding hydrogens is 332 g/mol. The Morgan fingerprint density at radius 2 is 1.92 bits per heavy atom. The number of para-hydroxylation sites is 2. The van der Waals surface area contributed by atoms with Crippen LogP contribution in [0.15, 0.2) is 48.5 Å². The van der Waals surface area contributed by atoms with Crippen LogP contribution in [0.2, 0.25) is 0 Å². The molecule has 6 nitrogen and oxygen atoms in total. The first-order valence-electron chi connectivity index (χ1n) is 8.55. The SMILES string of the molecule is CC(=O)N1C[C@@H](C(=O)NCCOc2ccc(C)cc2)Oc2ccccc21. The molecule has 0 bridgehead atoms. The van der Waals surface area contributed by atoms with Crippen molar-refractivity contribution in [2.45, 2.75) is 20.0 Å². The Morgan fingerprint density at radius 1 is 1.19 bits per heavy atom. The topological polar surface area (TPSA) is 67.9 Å². The number of fused-ring (bicyclic) bond motifs is 1. The molecule has 0 fully saturated rings. The van der Waals surface area contributed by atoms with Crippen LogP contribution in [0.4, 0.5) is 5.69 Å². The number of benzene rings is 2. The van der Waals surface area contributed by atoms with Crippen molar-refractivity contribution in [3.05, 3.63) is 54.1 Å². The van der Waals surface area contributed by atoms with Crippen molar-refractivity contribution >= 4 is 17.5 Å².